The van der Waals surface area contributed by atoms with Gasteiger partial charge in [0.2, 0.25) is 11.8 Å². The van der Waals surface area contributed by atoms with Crippen molar-refractivity contribution in [1.82, 2.24) is 20.7 Å². The Bertz CT molecular complexity index is 1130. The number of nitrogens with one attached hydrogen (secondary N) is 1. The van der Waals surface area contributed by atoms with Crippen LogP contribution in [0.25, 0.3) is 11.3 Å². The van der Waals surface area contributed by atoms with Crippen LogP contribution >= 0.6 is 0 Å². The SMILES string of the molecule is CC(OS(C)(=O)=O)c1nnc([C@H]2C[C@H](NC(=O)c3cc(-c4ccccc4)on3)C2)o1. The van der Waals surface area contributed by atoms with E-state index in [2.05, 4.69) is 20.7 Å². The highest BCUT2D eigenvalue weighted by Crippen LogP contribution is 2.37. The Labute approximate surface area is 172 Å². The van der Waals surface area contributed by atoms with Gasteiger partial charge in [0.25, 0.3) is 16.0 Å². The molecular formula is C19H20N4O6S. The van der Waals surface area contributed by atoms with Crippen LogP contribution in [-0.2, 0) is 14.3 Å². The number of benzene rings is 1. The van der Waals surface area contributed by atoms with Crippen LogP contribution in [0.15, 0.2) is 45.3 Å². The minimum absolute atomic E-state index is 0.0147. The molecular weight excluding hydrogens is 412 g/mol. The molecule has 4 rings (SSSR count). The number of amides is 1. The highest BCUT2D eigenvalue weighted by molar-refractivity contribution is 7.86. The monoisotopic (exact) mass is 432 g/mol. The van der Waals surface area contributed by atoms with Gasteiger partial charge in [-0.1, -0.05) is 35.5 Å². The summed E-state index contributed by atoms with van der Waals surface area (Å²) >= 11 is 0. The molecule has 0 saturated heterocycles. The number of rotatable bonds is 7. The first-order valence-corrected chi connectivity index (χ1v) is 11.1. The average molecular weight is 432 g/mol. The molecule has 0 radical (unpaired) electrons. The fourth-order valence-electron chi connectivity index (χ4n) is 3.20. The summed E-state index contributed by atoms with van der Waals surface area (Å²) in [6.07, 6.45) is 1.34. The normalized spacial score (nSPS) is 19.8. The van der Waals surface area contributed by atoms with Gasteiger partial charge in [-0.3, -0.25) is 8.98 Å². The van der Waals surface area contributed by atoms with Crippen molar-refractivity contribution in [1.29, 1.82) is 0 Å². The van der Waals surface area contributed by atoms with Crippen molar-refractivity contribution in [3.8, 4) is 11.3 Å². The summed E-state index contributed by atoms with van der Waals surface area (Å²) < 4.78 is 38.0. The quantitative estimate of drug-likeness (QED) is 0.558. The molecule has 1 fully saturated rings. The summed E-state index contributed by atoms with van der Waals surface area (Å²) in [5, 5.41) is 14.6. The van der Waals surface area contributed by atoms with E-state index in [1.54, 1.807) is 6.07 Å². The highest BCUT2D eigenvalue weighted by Gasteiger charge is 2.36. The summed E-state index contributed by atoms with van der Waals surface area (Å²) in [6.45, 7) is 1.52. The number of carbonyl (C=O) groups is 1. The average Bonchev–Trinajstić information content (AvgIpc) is 3.33. The molecule has 2 aromatic heterocycles. The molecule has 0 aliphatic heterocycles. The van der Waals surface area contributed by atoms with Gasteiger partial charge in [0.15, 0.2) is 17.6 Å². The molecule has 1 N–H and O–H groups in total. The summed E-state index contributed by atoms with van der Waals surface area (Å²) in [5.41, 5.74) is 1.05. The second kappa shape index (κ2) is 8.00. The Kier molecular flexibility index (Phi) is 5.39. The van der Waals surface area contributed by atoms with Crippen molar-refractivity contribution >= 4 is 16.0 Å². The minimum atomic E-state index is -3.63. The first kappa shape index (κ1) is 20.2. The number of hydrogen-bond acceptors (Lipinski definition) is 9. The van der Waals surface area contributed by atoms with Gasteiger partial charge in [-0.15, -0.1) is 10.2 Å². The molecule has 2 heterocycles. The maximum Gasteiger partial charge on any atom is 0.273 e. The molecule has 10 nitrogen and oxygen atoms in total. The van der Waals surface area contributed by atoms with Crippen molar-refractivity contribution < 1.29 is 26.3 Å². The van der Waals surface area contributed by atoms with Gasteiger partial charge in [-0.05, 0) is 19.8 Å². The Morgan fingerprint density at radius 2 is 1.97 bits per heavy atom. The topological polar surface area (TPSA) is 137 Å². The molecule has 0 spiro atoms. The fourth-order valence-corrected chi connectivity index (χ4v) is 3.80. The molecule has 11 heteroatoms. The van der Waals surface area contributed by atoms with E-state index in [9.17, 15) is 13.2 Å². The fraction of sp³-hybridized carbons (Fsp3) is 0.368. The molecule has 1 saturated carbocycles. The van der Waals surface area contributed by atoms with Crippen LogP contribution in [-0.4, -0.2) is 42.0 Å². The van der Waals surface area contributed by atoms with E-state index >= 15 is 0 Å². The third kappa shape index (κ3) is 4.57. The molecule has 1 atom stereocenters. The maximum absolute atomic E-state index is 12.4. The van der Waals surface area contributed by atoms with Crippen LogP contribution in [0.4, 0.5) is 0 Å². The number of carbonyl (C=O) groups excluding carboxylic acids is 1. The number of aromatic nitrogens is 3. The minimum Gasteiger partial charge on any atom is -0.422 e. The zero-order valence-electron chi connectivity index (χ0n) is 16.3. The van der Waals surface area contributed by atoms with Crippen LogP contribution in [0.2, 0.25) is 0 Å². The van der Waals surface area contributed by atoms with Crippen molar-refractivity contribution in [2.45, 2.75) is 37.8 Å². The van der Waals surface area contributed by atoms with Crippen LogP contribution in [0.5, 0.6) is 0 Å². The van der Waals surface area contributed by atoms with Crippen molar-refractivity contribution in [2.75, 3.05) is 6.26 Å². The maximum atomic E-state index is 12.4. The Hall–Kier alpha value is -3.05. The Morgan fingerprint density at radius 3 is 2.67 bits per heavy atom. The van der Waals surface area contributed by atoms with Gasteiger partial charge < -0.3 is 14.3 Å². The zero-order chi connectivity index (χ0) is 21.3. The Morgan fingerprint density at radius 1 is 1.23 bits per heavy atom. The second-order valence-corrected chi connectivity index (χ2v) is 8.80. The van der Waals surface area contributed by atoms with Gasteiger partial charge in [-0.2, -0.15) is 8.42 Å². The lowest BCUT2D eigenvalue weighted by Gasteiger charge is -2.33. The first-order valence-electron chi connectivity index (χ1n) is 9.33. The number of nitrogens with zero attached hydrogens (tertiary/aromatic N) is 3. The summed E-state index contributed by atoms with van der Waals surface area (Å²) in [7, 11) is -3.63. The lowest BCUT2D eigenvalue weighted by atomic mass is 9.80. The van der Waals surface area contributed by atoms with Gasteiger partial charge >= 0.3 is 0 Å². The number of hydrogen-bond donors (Lipinski definition) is 1. The van der Waals surface area contributed by atoms with Crippen LogP contribution in [0, 0.1) is 0 Å². The predicted octanol–water partition coefficient (Wildman–Crippen LogP) is 2.44. The second-order valence-electron chi connectivity index (χ2n) is 7.20. The van der Waals surface area contributed by atoms with Gasteiger partial charge in [0.05, 0.1) is 6.26 Å². The van der Waals surface area contributed by atoms with Crippen molar-refractivity contribution in [3.63, 3.8) is 0 Å². The van der Waals surface area contributed by atoms with Gasteiger partial charge in [-0.25, -0.2) is 0 Å². The van der Waals surface area contributed by atoms with Crippen LogP contribution in [0.1, 0.15) is 54.1 Å². The molecule has 1 aromatic carbocycles. The first-order chi connectivity index (χ1) is 14.3. The van der Waals surface area contributed by atoms with Gasteiger partial charge in [0.1, 0.15) is 0 Å². The summed E-state index contributed by atoms with van der Waals surface area (Å²) in [5.74, 6) is 0.687. The summed E-state index contributed by atoms with van der Waals surface area (Å²) in [4.78, 5) is 12.4. The molecule has 0 bridgehead atoms. The van der Waals surface area contributed by atoms with E-state index in [1.807, 2.05) is 30.3 Å². The molecule has 158 valence electrons. The highest BCUT2D eigenvalue weighted by atomic mass is 32.2. The van der Waals surface area contributed by atoms with Crippen LogP contribution in [0.3, 0.4) is 0 Å². The molecule has 1 aliphatic carbocycles. The van der Waals surface area contributed by atoms with Crippen molar-refractivity contribution in [2.24, 2.45) is 0 Å². The van der Waals surface area contributed by atoms with E-state index in [0.29, 0.717) is 24.5 Å². The molecule has 1 amide bonds. The largest absolute Gasteiger partial charge is 0.422 e. The summed E-state index contributed by atoms with van der Waals surface area (Å²) in [6, 6.07) is 10.9. The third-order valence-electron chi connectivity index (χ3n) is 4.75. The lowest BCUT2D eigenvalue weighted by molar-refractivity contribution is 0.0893. The third-order valence-corrected chi connectivity index (χ3v) is 5.39. The van der Waals surface area contributed by atoms with E-state index in [1.165, 1.54) is 6.92 Å². The smallest absolute Gasteiger partial charge is 0.273 e. The zero-order valence-corrected chi connectivity index (χ0v) is 17.1. The molecule has 1 unspecified atom stereocenters. The van der Waals surface area contributed by atoms with Crippen LogP contribution < -0.4 is 5.32 Å². The molecule has 3 aromatic rings. The lowest BCUT2D eigenvalue weighted by Crippen LogP contribution is -2.43. The molecule has 1 aliphatic rings. The van der Waals surface area contributed by atoms with Crippen molar-refractivity contribution in [3.05, 3.63) is 53.9 Å². The van der Waals surface area contributed by atoms with E-state index in [0.717, 1.165) is 11.8 Å². The predicted molar refractivity (Wildman–Crippen MR) is 104 cm³/mol. The van der Waals surface area contributed by atoms with E-state index < -0.39 is 16.2 Å². The van der Waals surface area contributed by atoms with E-state index in [-0.39, 0.29) is 29.5 Å². The van der Waals surface area contributed by atoms with E-state index in [4.69, 9.17) is 13.1 Å². The Balaban J connectivity index is 1.30. The van der Waals surface area contributed by atoms with Gasteiger partial charge in [0, 0.05) is 23.6 Å². The standard InChI is InChI=1S/C19H20N4O6S/c1-11(29-30(2,25)26)18-21-22-19(27-18)13-8-14(9-13)20-17(24)15-10-16(28-23-15)12-6-4-3-5-7-12/h3-7,10-11,13-14H,8-9H2,1-2H3,(H,20,24)/t11?,13-,14-. The molecule has 30 heavy (non-hydrogen) atoms.